The molecule has 0 aromatic heterocycles. The Bertz CT molecular complexity index is 456. The molecule has 0 bridgehead atoms. The van der Waals surface area contributed by atoms with Crippen LogP contribution in [0.25, 0.3) is 0 Å². The molecule has 1 rings (SSSR count). The number of ether oxygens (including phenoxy) is 2. The van der Waals surface area contributed by atoms with Gasteiger partial charge in [0.2, 0.25) is 0 Å². The lowest BCUT2D eigenvalue weighted by Crippen LogP contribution is -2.35. The van der Waals surface area contributed by atoms with Crippen molar-refractivity contribution in [2.45, 2.75) is 32.5 Å². The normalized spacial score (nSPS) is 12.9. The van der Waals surface area contributed by atoms with Gasteiger partial charge in [0.1, 0.15) is 23.8 Å². The van der Waals surface area contributed by atoms with Crippen LogP contribution in [0, 0.1) is 5.82 Å². The number of carbonyl (C=O) groups is 1. The predicted octanol–water partition coefficient (Wildman–Crippen LogP) is 2.67. The zero-order valence-electron chi connectivity index (χ0n) is 10.9. The number of hydrogen-bond acceptors (Lipinski definition) is 4. The Morgan fingerprint density at radius 1 is 1.47 bits per heavy atom. The molecule has 1 aromatic rings. The maximum atomic E-state index is 13.2. The molecule has 0 aliphatic carbocycles. The number of rotatable bonds is 4. The third kappa shape index (κ3) is 5.57. The summed E-state index contributed by atoms with van der Waals surface area (Å²) in [6, 6.07) is 4.16. The van der Waals surface area contributed by atoms with Gasteiger partial charge >= 0.3 is 5.97 Å². The van der Waals surface area contributed by atoms with Crippen LogP contribution in [-0.4, -0.2) is 29.4 Å². The van der Waals surface area contributed by atoms with Gasteiger partial charge in [-0.05, 0) is 48.8 Å². The average Bonchev–Trinajstić information content (AvgIpc) is 2.28. The van der Waals surface area contributed by atoms with Crippen molar-refractivity contribution in [3.05, 3.63) is 28.5 Å². The smallest absolute Gasteiger partial charge is 0.339 e. The third-order valence-electron chi connectivity index (χ3n) is 1.98. The number of halogens is 2. The van der Waals surface area contributed by atoms with Crippen LogP contribution in [0.1, 0.15) is 20.8 Å². The summed E-state index contributed by atoms with van der Waals surface area (Å²) in [7, 11) is 0. The summed E-state index contributed by atoms with van der Waals surface area (Å²) in [6.45, 7) is 4.80. The summed E-state index contributed by atoms with van der Waals surface area (Å²) < 4.78 is 23.6. The largest absolute Gasteiger partial charge is 0.490 e. The van der Waals surface area contributed by atoms with Gasteiger partial charge in [-0.25, -0.2) is 9.18 Å². The van der Waals surface area contributed by atoms with E-state index in [2.05, 4.69) is 15.9 Å². The van der Waals surface area contributed by atoms with Crippen molar-refractivity contribution in [2.24, 2.45) is 0 Å². The van der Waals surface area contributed by atoms with E-state index < -0.39 is 23.5 Å². The molecule has 0 aliphatic heterocycles. The van der Waals surface area contributed by atoms with E-state index in [4.69, 9.17) is 9.47 Å². The highest BCUT2D eigenvalue weighted by atomic mass is 79.9. The van der Waals surface area contributed by atoms with E-state index in [9.17, 15) is 14.3 Å². The van der Waals surface area contributed by atoms with E-state index in [0.29, 0.717) is 4.47 Å². The van der Waals surface area contributed by atoms with Gasteiger partial charge in [0.05, 0.1) is 4.47 Å². The summed E-state index contributed by atoms with van der Waals surface area (Å²) in [5.41, 5.74) is -0.679. The van der Waals surface area contributed by atoms with Gasteiger partial charge in [-0.3, -0.25) is 0 Å². The number of aliphatic hydroxyl groups excluding tert-OH is 1. The molecular weight excluding hydrogens is 319 g/mol. The maximum Gasteiger partial charge on any atom is 0.339 e. The first-order valence-electron chi connectivity index (χ1n) is 5.68. The van der Waals surface area contributed by atoms with Gasteiger partial charge in [-0.15, -0.1) is 0 Å². The molecule has 6 heteroatoms. The van der Waals surface area contributed by atoms with Crippen molar-refractivity contribution < 1.29 is 23.8 Å². The Morgan fingerprint density at radius 2 is 2.11 bits per heavy atom. The monoisotopic (exact) mass is 334 g/mol. The van der Waals surface area contributed by atoms with Crippen LogP contribution in [0.4, 0.5) is 4.39 Å². The molecule has 0 spiro atoms. The fourth-order valence-electron chi connectivity index (χ4n) is 1.18. The number of benzene rings is 1. The standard InChI is InChI=1S/C13H16BrFO4/c1-13(2,3)19-12(17)11(16)7-18-8-4-5-9(14)10(15)6-8/h4-6,11,16H,7H2,1-3H3/t11-/m1/s1. The summed E-state index contributed by atoms with van der Waals surface area (Å²) in [5, 5.41) is 9.56. The molecule has 0 amide bonds. The van der Waals surface area contributed by atoms with E-state index in [0.717, 1.165) is 6.07 Å². The second kappa shape index (κ2) is 6.34. The van der Waals surface area contributed by atoms with Crippen molar-refractivity contribution in [3.63, 3.8) is 0 Å². The van der Waals surface area contributed by atoms with E-state index >= 15 is 0 Å². The van der Waals surface area contributed by atoms with Gasteiger partial charge in [0.15, 0.2) is 6.10 Å². The fraction of sp³-hybridized carbons (Fsp3) is 0.462. The summed E-state index contributed by atoms with van der Waals surface area (Å²) in [4.78, 5) is 11.5. The topological polar surface area (TPSA) is 55.8 Å². The minimum atomic E-state index is -1.41. The first kappa shape index (κ1) is 15.9. The maximum absolute atomic E-state index is 13.2. The van der Waals surface area contributed by atoms with Gasteiger partial charge in [-0.2, -0.15) is 0 Å². The van der Waals surface area contributed by atoms with Gasteiger partial charge in [0.25, 0.3) is 0 Å². The lowest BCUT2D eigenvalue weighted by molar-refractivity contribution is -0.166. The van der Waals surface area contributed by atoms with Crippen molar-refractivity contribution in [1.82, 2.24) is 0 Å². The molecule has 0 aliphatic rings. The lowest BCUT2D eigenvalue weighted by atomic mass is 10.2. The van der Waals surface area contributed by atoms with E-state index in [-0.39, 0.29) is 12.4 Å². The van der Waals surface area contributed by atoms with Gasteiger partial charge in [0, 0.05) is 6.07 Å². The van der Waals surface area contributed by atoms with E-state index in [1.165, 1.54) is 12.1 Å². The average molecular weight is 335 g/mol. The highest BCUT2D eigenvalue weighted by molar-refractivity contribution is 9.10. The highest BCUT2D eigenvalue weighted by Crippen LogP contribution is 2.21. The second-order valence-electron chi connectivity index (χ2n) is 4.94. The number of esters is 1. The lowest BCUT2D eigenvalue weighted by Gasteiger charge is -2.21. The molecule has 1 N–H and O–H groups in total. The van der Waals surface area contributed by atoms with Crippen molar-refractivity contribution in [3.8, 4) is 5.75 Å². The molecule has 0 radical (unpaired) electrons. The van der Waals surface area contributed by atoms with Crippen LogP contribution in [0.15, 0.2) is 22.7 Å². The van der Waals surface area contributed by atoms with Crippen LogP contribution < -0.4 is 4.74 Å². The van der Waals surface area contributed by atoms with Gasteiger partial charge < -0.3 is 14.6 Å². The summed E-state index contributed by atoms with van der Waals surface area (Å²) in [5.74, 6) is -1.03. The third-order valence-corrected chi connectivity index (χ3v) is 2.62. The zero-order chi connectivity index (χ0) is 14.6. The first-order chi connectivity index (χ1) is 8.69. The van der Waals surface area contributed by atoms with Crippen LogP contribution in [-0.2, 0) is 9.53 Å². The molecule has 1 aromatic carbocycles. The highest BCUT2D eigenvalue weighted by Gasteiger charge is 2.23. The minimum Gasteiger partial charge on any atom is -0.490 e. The van der Waals surface area contributed by atoms with Crippen molar-refractivity contribution in [1.29, 1.82) is 0 Å². The molecule has 106 valence electrons. The first-order valence-corrected chi connectivity index (χ1v) is 6.47. The Labute approximate surface area is 119 Å². The Hall–Kier alpha value is -1.14. The van der Waals surface area contributed by atoms with Crippen molar-refractivity contribution >= 4 is 21.9 Å². The van der Waals surface area contributed by atoms with Crippen LogP contribution in [0.3, 0.4) is 0 Å². The molecule has 1 atom stereocenters. The molecule has 0 heterocycles. The fourth-order valence-corrected chi connectivity index (χ4v) is 1.43. The van der Waals surface area contributed by atoms with Gasteiger partial charge in [-0.1, -0.05) is 0 Å². The van der Waals surface area contributed by atoms with E-state index in [1.54, 1.807) is 20.8 Å². The minimum absolute atomic E-state index is 0.225. The molecular formula is C13H16BrFO4. The number of carbonyl (C=O) groups excluding carboxylic acids is 1. The Kier molecular flexibility index (Phi) is 5.31. The molecule has 0 saturated heterocycles. The van der Waals surface area contributed by atoms with Crippen molar-refractivity contribution in [2.75, 3.05) is 6.61 Å². The summed E-state index contributed by atoms with van der Waals surface area (Å²) >= 11 is 3.01. The zero-order valence-corrected chi connectivity index (χ0v) is 12.5. The molecule has 4 nitrogen and oxygen atoms in total. The Balaban J connectivity index is 2.52. The Morgan fingerprint density at radius 3 is 2.63 bits per heavy atom. The number of hydrogen-bond donors (Lipinski definition) is 1. The molecule has 0 fully saturated rings. The van der Waals surface area contributed by atoms with E-state index in [1.807, 2.05) is 0 Å². The van der Waals surface area contributed by atoms with Crippen LogP contribution in [0.2, 0.25) is 0 Å². The quantitative estimate of drug-likeness (QED) is 0.860. The SMILES string of the molecule is CC(C)(C)OC(=O)[C@H](O)COc1ccc(Br)c(F)c1. The second-order valence-corrected chi connectivity index (χ2v) is 5.79. The molecule has 0 unspecified atom stereocenters. The van der Waals surface area contributed by atoms with Crippen LogP contribution >= 0.6 is 15.9 Å². The summed E-state index contributed by atoms with van der Waals surface area (Å²) in [6.07, 6.45) is -1.41. The number of aliphatic hydroxyl groups is 1. The molecule has 0 saturated carbocycles. The van der Waals surface area contributed by atoms with Crippen LogP contribution in [0.5, 0.6) is 5.75 Å². The predicted molar refractivity (Wildman–Crippen MR) is 71.4 cm³/mol. The molecule has 19 heavy (non-hydrogen) atoms.